The van der Waals surface area contributed by atoms with Crippen molar-refractivity contribution in [1.29, 1.82) is 0 Å². The number of likely N-dealkylation sites (tertiary alicyclic amines) is 1. The van der Waals surface area contributed by atoms with Crippen LogP contribution in [0.4, 0.5) is 0 Å². The molecule has 47 heavy (non-hydrogen) atoms. The summed E-state index contributed by atoms with van der Waals surface area (Å²) in [5.41, 5.74) is 11.1. The maximum atomic E-state index is 14.1. The highest BCUT2D eigenvalue weighted by Crippen LogP contribution is 2.43. The normalized spacial score (nSPS) is 18.0. The minimum atomic E-state index is -0.885. The van der Waals surface area contributed by atoms with Crippen molar-refractivity contribution in [1.82, 2.24) is 15.1 Å². The first kappa shape index (κ1) is 30.7. The fraction of sp³-hybridized carbons (Fsp3) is 0.231. The van der Waals surface area contributed by atoms with Crippen molar-refractivity contribution in [3.05, 3.63) is 120 Å². The number of benzene rings is 4. The summed E-state index contributed by atoms with van der Waals surface area (Å²) in [6.07, 6.45) is 4.28. The minimum Gasteiger partial charge on any atom is -0.419 e. The SMILES string of the molecule is CC#CC1CCCN1C(=O)c1cc(-c2nnc([C@](C)(N)Cc3ccccc3)o2)cc(-c2cccc(Sc3ccccc3)c2C2C=N2)c1. The number of amides is 1. The monoisotopic (exact) mass is 637 g/mol. The molecule has 234 valence electrons. The predicted molar refractivity (Wildman–Crippen MR) is 186 cm³/mol. The van der Waals surface area contributed by atoms with Crippen LogP contribution in [0.3, 0.4) is 0 Å². The second-order valence-electron chi connectivity index (χ2n) is 12.2. The Labute approximate surface area is 279 Å². The Morgan fingerprint density at radius 1 is 1.00 bits per heavy atom. The lowest BCUT2D eigenvalue weighted by Crippen LogP contribution is -2.35. The zero-order chi connectivity index (χ0) is 32.4. The third kappa shape index (κ3) is 6.64. The first-order chi connectivity index (χ1) is 22.9. The second-order valence-corrected chi connectivity index (χ2v) is 13.3. The lowest BCUT2D eigenvalue weighted by Gasteiger charge is -2.22. The molecule has 0 aliphatic carbocycles. The lowest BCUT2D eigenvalue weighted by molar-refractivity contribution is 0.0766. The zero-order valence-electron chi connectivity index (χ0n) is 26.4. The van der Waals surface area contributed by atoms with Crippen molar-refractivity contribution in [3.8, 4) is 34.4 Å². The van der Waals surface area contributed by atoms with E-state index in [2.05, 4.69) is 57.4 Å². The van der Waals surface area contributed by atoms with Crippen LogP contribution in [-0.2, 0) is 12.0 Å². The fourth-order valence-electron chi connectivity index (χ4n) is 6.19. The van der Waals surface area contributed by atoms with Crippen molar-refractivity contribution in [2.45, 2.75) is 60.5 Å². The molecule has 2 aliphatic heterocycles. The molecule has 7 nitrogen and oxygen atoms in total. The lowest BCUT2D eigenvalue weighted by atomic mass is 9.93. The number of carbonyl (C=O) groups is 1. The Balaban J connectivity index is 1.31. The van der Waals surface area contributed by atoms with Crippen LogP contribution >= 0.6 is 11.8 Å². The van der Waals surface area contributed by atoms with E-state index >= 15 is 0 Å². The molecule has 1 fully saturated rings. The van der Waals surface area contributed by atoms with Crippen LogP contribution in [0.25, 0.3) is 22.6 Å². The van der Waals surface area contributed by atoms with Gasteiger partial charge < -0.3 is 15.1 Å². The molecule has 0 bridgehead atoms. The molecule has 1 saturated heterocycles. The number of nitrogens with zero attached hydrogens (tertiary/aromatic N) is 4. The number of rotatable bonds is 9. The second kappa shape index (κ2) is 13.0. The summed E-state index contributed by atoms with van der Waals surface area (Å²) in [4.78, 5) is 22.9. The van der Waals surface area contributed by atoms with Crippen molar-refractivity contribution < 1.29 is 9.21 Å². The van der Waals surface area contributed by atoms with Crippen LogP contribution in [0.1, 0.15) is 60.1 Å². The van der Waals surface area contributed by atoms with Gasteiger partial charge in [0.15, 0.2) is 0 Å². The molecule has 0 spiro atoms. The Morgan fingerprint density at radius 2 is 1.74 bits per heavy atom. The van der Waals surface area contributed by atoms with Crippen molar-refractivity contribution in [2.24, 2.45) is 10.7 Å². The quantitative estimate of drug-likeness (QED) is 0.166. The third-order valence-electron chi connectivity index (χ3n) is 8.52. The van der Waals surface area contributed by atoms with Gasteiger partial charge in [-0.15, -0.1) is 16.1 Å². The highest BCUT2D eigenvalue weighted by atomic mass is 32.2. The van der Waals surface area contributed by atoms with E-state index in [1.54, 1.807) is 11.8 Å². The summed E-state index contributed by atoms with van der Waals surface area (Å²) in [7, 11) is 0. The maximum absolute atomic E-state index is 14.1. The molecular formula is C39H35N5O2S. The van der Waals surface area contributed by atoms with Gasteiger partial charge in [0.25, 0.3) is 5.91 Å². The Morgan fingerprint density at radius 3 is 2.49 bits per heavy atom. The topological polar surface area (TPSA) is 97.6 Å². The molecule has 2 N–H and O–H groups in total. The summed E-state index contributed by atoms with van der Waals surface area (Å²) in [6.45, 7) is 4.37. The van der Waals surface area contributed by atoms with E-state index in [4.69, 9.17) is 10.2 Å². The molecule has 1 amide bonds. The van der Waals surface area contributed by atoms with E-state index in [0.717, 1.165) is 44.9 Å². The third-order valence-corrected chi connectivity index (χ3v) is 9.61. The molecule has 5 aromatic rings. The summed E-state index contributed by atoms with van der Waals surface area (Å²) in [5.74, 6) is 6.80. The van der Waals surface area contributed by atoms with Gasteiger partial charge >= 0.3 is 0 Å². The number of hydrogen-bond donors (Lipinski definition) is 1. The highest BCUT2D eigenvalue weighted by Gasteiger charge is 2.32. The van der Waals surface area contributed by atoms with Gasteiger partial charge in [-0.2, -0.15) is 0 Å². The van der Waals surface area contributed by atoms with E-state index in [-0.39, 0.29) is 18.0 Å². The minimum absolute atomic E-state index is 0.0195. The molecule has 1 aromatic heterocycles. The smallest absolute Gasteiger partial charge is 0.254 e. The Kier molecular flexibility index (Phi) is 8.50. The van der Waals surface area contributed by atoms with Crippen molar-refractivity contribution in [3.63, 3.8) is 0 Å². The highest BCUT2D eigenvalue weighted by molar-refractivity contribution is 7.99. The maximum Gasteiger partial charge on any atom is 0.254 e. The number of aromatic nitrogens is 2. The predicted octanol–water partition coefficient (Wildman–Crippen LogP) is 7.72. The average Bonchev–Trinajstić information content (AvgIpc) is 3.59. The van der Waals surface area contributed by atoms with Gasteiger partial charge in [-0.25, -0.2) is 0 Å². The van der Waals surface area contributed by atoms with Crippen LogP contribution in [0.2, 0.25) is 0 Å². The van der Waals surface area contributed by atoms with Crippen molar-refractivity contribution >= 4 is 23.9 Å². The largest absolute Gasteiger partial charge is 0.419 e. The molecule has 0 radical (unpaired) electrons. The first-order valence-electron chi connectivity index (χ1n) is 15.8. The molecule has 0 saturated carbocycles. The summed E-state index contributed by atoms with van der Waals surface area (Å²) < 4.78 is 6.29. The van der Waals surface area contributed by atoms with Gasteiger partial charge in [0.1, 0.15) is 6.04 Å². The summed E-state index contributed by atoms with van der Waals surface area (Å²) >= 11 is 1.71. The van der Waals surface area contributed by atoms with Gasteiger partial charge in [0.05, 0.1) is 11.6 Å². The zero-order valence-corrected chi connectivity index (χ0v) is 27.2. The van der Waals surface area contributed by atoms with E-state index < -0.39 is 5.54 Å². The molecule has 4 aromatic carbocycles. The molecular weight excluding hydrogens is 603 g/mol. The van der Waals surface area contributed by atoms with Crippen LogP contribution in [0.15, 0.2) is 116 Å². The van der Waals surface area contributed by atoms with Gasteiger partial charge in [-0.05, 0) is 86.2 Å². The van der Waals surface area contributed by atoms with Gasteiger partial charge in [0, 0.05) is 39.2 Å². The molecule has 3 heterocycles. The molecule has 7 rings (SSSR count). The van der Waals surface area contributed by atoms with Crippen LogP contribution in [0, 0.1) is 11.8 Å². The number of hydrogen-bond acceptors (Lipinski definition) is 7. The van der Waals surface area contributed by atoms with Crippen LogP contribution in [0.5, 0.6) is 0 Å². The van der Waals surface area contributed by atoms with E-state index in [9.17, 15) is 4.79 Å². The van der Waals surface area contributed by atoms with Gasteiger partial charge in [-0.3, -0.25) is 9.79 Å². The van der Waals surface area contributed by atoms with E-state index in [0.29, 0.717) is 35.9 Å². The molecule has 2 unspecified atom stereocenters. The molecule has 8 heteroatoms. The van der Waals surface area contributed by atoms with Gasteiger partial charge in [0.2, 0.25) is 11.8 Å². The van der Waals surface area contributed by atoms with Crippen LogP contribution < -0.4 is 5.73 Å². The summed E-state index contributed by atoms with van der Waals surface area (Å²) in [5, 5.41) is 8.83. The number of aliphatic imine (C=N–C) groups is 1. The standard InChI is InChI=1S/C39H35N5O2S/c1-3-12-30-15-11-20-44(30)37(45)29-22-27(32-18-10-19-34(35(32)33-25-41-33)47-31-16-8-5-9-17-31)21-28(23-29)36-42-43-38(46-36)39(2,40)24-26-13-6-4-7-14-26/h4-10,13-14,16-19,21-23,25,30,33H,11,15,20,24,40H2,1-2H3/t30?,33?,39-/m1/s1. The number of nitrogens with two attached hydrogens (primary N) is 1. The molecule has 3 atom stereocenters. The molecule has 2 aliphatic rings. The van der Waals surface area contributed by atoms with Gasteiger partial charge in [-0.1, -0.05) is 78.3 Å². The van der Waals surface area contributed by atoms with E-state index in [1.165, 1.54) is 0 Å². The Bertz CT molecular complexity index is 2000. The number of carbonyl (C=O) groups excluding carboxylic acids is 1. The van der Waals surface area contributed by atoms with E-state index in [1.807, 2.05) is 91.7 Å². The average molecular weight is 638 g/mol. The van der Waals surface area contributed by atoms with Crippen LogP contribution in [-0.4, -0.2) is 39.8 Å². The van der Waals surface area contributed by atoms with Crippen molar-refractivity contribution in [2.75, 3.05) is 6.54 Å². The summed E-state index contributed by atoms with van der Waals surface area (Å²) in [6, 6.07) is 32.3. The Hall–Kier alpha value is -4.97. The first-order valence-corrected chi connectivity index (χ1v) is 16.7. The fourth-order valence-corrected chi connectivity index (χ4v) is 7.22.